The second kappa shape index (κ2) is 10.2. The quantitative estimate of drug-likeness (QED) is 0.293. The molecule has 3 aliphatic rings. The van der Waals surface area contributed by atoms with Gasteiger partial charge in [0.25, 0.3) is 0 Å². The molecule has 0 aromatic heterocycles. The molecule has 0 bridgehead atoms. The summed E-state index contributed by atoms with van der Waals surface area (Å²) in [5.41, 5.74) is 2.89. The Labute approximate surface area is 222 Å². The first-order valence-corrected chi connectivity index (χ1v) is 16.7. The van der Waals surface area contributed by atoms with E-state index in [-0.39, 0.29) is 0 Å². The third-order valence-corrected chi connectivity index (χ3v) is 11.8. The van der Waals surface area contributed by atoms with Gasteiger partial charge in [0.15, 0.2) is 0 Å². The zero-order valence-corrected chi connectivity index (χ0v) is 23.2. The molecule has 2 aromatic carbocycles. The van der Waals surface area contributed by atoms with E-state index in [4.69, 9.17) is 11.6 Å². The number of hydrazone groups is 1. The summed E-state index contributed by atoms with van der Waals surface area (Å²) in [5.74, 6) is -2.93. The van der Waals surface area contributed by atoms with Crippen molar-refractivity contribution in [2.24, 2.45) is 11.0 Å². The average molecular weight is 684 g/mol. The summed E-state index contributed by atoms with van der Waals surface area (Å²) in [4.78, 5) is 13.2. The van der Waals surface area contributed by atoms with Crippen molar-refractivity contribution in [2.45, 2.75) is 31.5 Å². The van der Waals surface area contributed by atoms with Crippen molar-refractivity contribution >= 4 is 64.7 Å². The second-order valence-corrected chi connectivity index (χ2v) is 16.1. The number of carbonyl (C=O) groups is 1. The Kier molecular flexibility index (Phi) is 7.35. The minimum atomic E-state index is -4.70. The average Bonchev–Trinajstić information content (AvgIpc) is 3.59. The van der Waals surface area contributed by atoms with Gasteiger partial charge in [0, 0.05) is 0 Å². The number of rotatable bonds is 5. The number of hydrogen-bond acceptors (Lipinski definition) is 4. The number of anilines is 1. The first-order valence-electron chi connectivity index (χ1n) is 11.4. The zero-order chi connectivity index (χ0) is 24.7. The summed E-state index contributed by atoms with van der Waals surface area (Å²) < 4.78 is 48.2. The topological polar surface area (TPSA) is 47.9 Å². The third-order valence-electron chi connectivity index (χ3n) is 6.34. The SMILES string of the molecule is O=C(NN1CCCCC1)C1=NN(c2ccc(I3CC3)cc2Cl)C(c2ccc(Br)cc2)C1C(F)(F)F. The van der Waals surface area contributed by atoms with Crippen LogP contribution < -0.4 is 10.4 Å². The van der Waals surface area contributed by atoms with Gasteiger partial charge in [0.1, 0.15) is 0 Å². The molecule has 2 unspecified atom stereocenters. The van der Waals surface area contributed by atoms with Crippen LogP contribution in [0.1, 0.15) is 30.9 Å². The molecule has 2 saturated heterocycles. The maximum atomic E-state index is 14.6. The van der Waals surface area contributed by atoms with Crippen LogP contribution in [0.4, 0.5) is 18.9 Å². The van der Waals surface area contributed by atoms with Crippen LogP contribution in [0.5, 0.6) is 0 Å². The van der Waals surface area contributed by atoms with Gasteiger partial charge in [-0.3, -0.25) is 0 Å². The summed E-state index contributed by atoms with van der Waals surface area (Å²) in [5, 5.41) is 7.64. The molecule has 2 fully saturated rings. The van der Waals surface area contributed by atoms with Crippen molar-refractivity contribution < 1.29 is 18.0 Å². The fourth-order valence-electron chi connectivity index (χ4n) is 4.54. The molecule has 5 nitrogen and oxygen atoms in total. The molecule has 2 atom stereocenters. The second-order valence-electron chi connectivity index (χ2n) is 8.76. The molecule has 0 radical (unpaired) electrons. The van der Waals surface area contributed by atoms with E-state index < -0.39 is 49.6 Å². The molecule has 1 amide bonds. The van der Waals surface area contributed by atoms with Gasteiger partial charge in [-0.1, -0.05) is 6.42 Å². The number of piperidine rings is 1. The van der Waals surface area contributed by atoms with Crippen LogP contribution in [0.25, 0.3) is 0 Å². The monoisotopic (exact) mass is 682 g/mol. The summed E-state index contributed by atoms with van der Waals surface area (Å²) in [6.45, 7) is 1.21. The van der Waals surface area contributed by atoms with Crippen LogP contribution in [0, 0.1) is 9.49 Å². The van der Waals surface area contributed by atoms with Gasteiger partial charge in [-0.15, -0.1) is 0 Å². The van der Waals surface area contributed by atoms with Crippen molar-refractivity contribution in [1.82, 2.24) is 10.4 Å². The number of carbonyl (C=O) groups excluding carboxylic acids is 1. The number of amides is 1. The molecule has 0 saturated carbocycles. The summed E-state index contributed by atoms with van der Waals surface area (Å²) in [6, 6.07) is 11.0. The molecule has 11 heteroatoms. The van der Waals surface area contributed by atoms with E-state index in [2.05, 4.69) is 26.5 Å². The molecule has 188 valence electrons. The van der Waals surface area contributed by atoms with Crippen LogP contribution in [-0.4, -0.2) is 44.7 Å². The molecular formula is C24H24BrClF3IN4O. The van der Waals surface area contributed by atoms with Crippen molar-refractivity contribution in [3.63, 3.8) is 0 Å². The number of alkyl halides is 5. The van der Waals surface area contributed by atoms with E-state index in [0.29, 0.717) is 29.4 Å². The predicted octanol–water partition coefficient (Wildman–Crippen LogP) is 6.41. The normalized spacial score (nSPS) is 23.9. The van der Waals surface area contributed by atoms with Crippen LogP contribution in [-0.2, 0) is 4.79 Å². The number of benzene rings is 2. The Morgan fingerprint density at radius 2 is 1.77 bits per heavy atom. The fourth-order valence-corrected chi connectivity index (χ4v) is 9.52. The van der Waals surface area contributed by atoms with Gasteiger partial charge in [0.2, 0.25) is 0 Å². The molecule has 35 heavy (non-hydrogen) atoms. The fraction of sp³-hybridized carbons (Fsp3) is 0.417. The van der Waals surface area contributed by atoms with Crippen molar-refractivity contribution in [2.75, 3.05) is 27.0 Å². The predicted molar refractivity (Wildman–Crippen MR) is 144 cm³/mol. The van der Waals surface area contributed by atoms with Crippen molar-refractivity contribution in [3.05, 3.63) is 61.1 Å². The van der Waals surface area contributed by atoms with Crippen molar-refractivity contribution in [3.8, 4) is 0 Å². The van der Waals surface area contributed by atoms with Gasteiger partial charge in [-0.25, -0.2) is 0 Å². The van der Waals surface area contributed by atoms with E-state index >= 15 is 0 Å². The molecule has 0 aliphatic carbocycles. The number of hydrazine groups is 1. The van der Waals surface area contributed by atoms with Crippen LogP contribution in [0.2, 0.25) is 5.02 Å². The maximum absolute atomic E-state index is 14.6. The standard InChI is InChI=1S/C24H24BrClF3IN4O/c25-16-6-4-15(5-7-16)22-20(24(27,28)29)21(23(35)32-33-12-2-1-3-13-33)31-34(22)19-9-8-17(14-18(19)26)30-10-11-30/h4-9,14,20,22H,1-3,10-13H2,(H,32,35). The van der Waals surface area contributed by atoms with E-state index in [1.54, 1.807) is 35.3 Å². The first kappa shape index (κ1) is 25.3. The van der Waals surface area contributed by atoms with E-state index in [0.717, 1.165) is 23.7 Å². The van der Waals surface area contributed by atoms with E-state index in [1.807, 2.05) is 12.1 Å². The van der Waals surface area contributed by atoms with Gasteiger partial charge < -0.3 is 0 Å². The Morgan fingerprint density at radius 1 is 1.09 bits per heavy atom. The molecule has 3 aliphatic heterocycles. The Balaban J connectivity index is 1.56. The number of halogens is 6. The Hall–Kier alpha value is -1.37. The molecule has 2 aromatic rings. The van der Waals surface area contributed by atoms with E-state index in [9.17, 15) is 18.0 Å². The van der Waals surface area contributed by atoms with Gasteiger partial charge in [-0.05, 0) is 0 Å². The van der Waals surface area contributed by atoms with E-state index in [1.165, 1.54) is 17.4 Å². The van der Waals surface area contributed by atoms with Gasteiger partial charge in [0.05, 0.1) is 0 Å². The Morgan fingerprint density at radius 3 is 2.37 bits per heavy atom. The molecular weight excluding hydrogens is 660 g/mol. The van der Waals surface area contributed by atoms with Crippen LogP contribution in [0.15, 0.2) is 52.0 Å². The molecule has 1 N–H and O–H groups in total. The Bertz CT molecular complexity index is 1140. The summed E-state index contributed by atoms with van der Waals surface area (Å²) in [7, 11) is 0. The van der Waals surface area contributed by atoms with Crippen LogP contribution in [0.3, 0.4) is 0 Å². The van der Waals surface area contributed by atoms with Crippen LogP contribution >= 0.6 is 47.4 Å². The summed E-state index contributed by atoms with van der Waals surface area (Å²) >= 11 is 8.87. The molecule has 5 rings (SSSR count). The van der Waals surface area contributed by atoms with Crippen molar-refractivity contribution in [1.29, 1.82) is 0 Å². The third kappa shape index (κ3) is 5.50. The molecule has 0 spiro atoms. The number of nitrogens with one attached hydrogen (secondary N) is 1. The number of hydrogen-bond donors (Lipinski definition) is 1. The molecule has 3 heterocycles. The summed E-state index contributed by atoms with van der Waals surface area (Å²) in [6.07, 6.45) is -1.89. The zero-order valence-electron chi connectivity index (χ0n) is 18.7. The minimum absolute atomic E-state index is 0.358. The first-order chi connectivity index (χ1) is 16.7. The number of nitrogens with zero attached hydrogens (tertiary/aromatic N) is 3. The van der Waals surface area contributed by atoms with Gasteiger partial charge in [-0.2, -0.15) is 0 Å². The van der Waals surface area contributed by atoms with Gasteiger partial charge >= 0.3 is 217 Å².